The Hall–Kier alpha value is -7.02. The zero-order chi connectivity index (χ0) is 40.0. The van der Waals surface area contributed by atoms with E-state index in [1.165, 1.54) is 94.2 Å². The van der Waals surface area contributed by atoms with E-state index in [9.17, 15) is 0 Å². The molecule has 11 rings (SSSR count). The second kappa shape index (κ2) is 15.0. The summed E-state index contributed by atoms with van der Waals surface area (Å²) in [6, 6.07) is 82.4. The van der Waals surface area contributed by atoms with Crippen molar-refractivity contribution >= 4 is 16.8 Å². The first kappa shape index (κ1) is 36.1. The SMILES string of the molecule is CC1=Cc2cccc(-c3ccc4ccccc4c3)c2C1C(c1ccccc1)(c1ccccc1)C1c2cc(Cc3ccccc3)ccc2-c2ccc(Cc3ccccc3)cc21. The molecule has 0 heterocycles. The fourth-order valence-corrected chi connectivity index (χ4v) is 10.9. The lowest BCUT2D eigenvalue weighted by Crippen LogP contribution is -2.41. The first-order chi connectivity index (χ1) is 29.6. The Morgan fingerprint density at radius 2 is 0.900 bits per heavy atom. The quantitative estimate of drug-likeness (QED) is 0.137. The molecule has 60 heavy (non-hydrogen) atoms. The molecule has 9 aromatic rings. The largest absolute Gasteiger partial charge is 0.0639 e. The van der Waals surface area contributed by atoms with Crippen LogP contribution in [-0.2, 0) is 18.3 Å². The normalized spacial score (nSPS) is 14.4. The van der Waals surface area contributed by atoms with Crippen molar-refractivity contribution < 1.29 is 0 Å². The van der Waals surface area contributed by atoms with Crippen LogP contribution in [0.3, 0.4) is 0 Å². The monoisotopic (exact) mass is 766 g/mol. The second-order valence-corrected chi connectivity index (χ2v) is 16.9. The minimum Gasteiger partial charge on any atom is -0.0639 e. The fourth-order valence-electron chi connectivity index (χ4n) is 10.9. The van der Waals surface area contributed by atoms with Crippen molar-refractivity contribution in [2.75, 3.05) is 0 Å². The third-order valence-corrected chi connectivity index (χ3v) is 13.4. The Morgan fingerprint density at radius 1 is 0.383 bits per heavy atom. The van der Waals surface area contributed by atoms with Crippen molar-refractivity contribution in [3.05, 3.63) is 280 Å². The molecular formula is C60H46. The van der Waals surface area contributed by atoms with E-state index >= 15 is 0 Å². The van der Waals surface area contributed by atoms with Gasteiger partial charge >= 0.3 is 0 Å². The summed E-state index contributed by atoms with van der Waals surface area (Å²) in [5, 5.41) is 2.53. The minimum absolute atomic E-state index is 0.00251. The number of hydrogen-bond donors (Lipinski definition) is 0. The van der Waals surface area contributed by atoms with Gasteiger partial charge in [-0.3, -0.25) is 0 Å². The Kier molecular flexibility index (Phi) is 9.01. The van der Waals surface area contributed by atoms with Crippen LogP contribution in [0.1, 0.15) is 74.4 Å². The molecule has 0 heteroatoms. The van der Waals surface area contributed by atoms with Gasteiger partial charge in [-0.1, -0.05) is 224 Å². The van der Waals surface area contributed by atoms with E-state index in [4.69, 9.17) is 0 Å². The molecule has 1 unspecified atom stereocenters. The molecular weight excluding hydrogens is 721 g/mol. The highest BCUT2D eigenvalue weighted by Gasteiger charge is 2.55. The van der Waals surface area contributed by atoms with Gasteiger partial charge < -0.3 is 0 Å². The molecule has 2 aliphatic carbocycles. The van der Waals surface area contributed by atoms with Gasteiger partial charge in [-0.15, -0.1) is 0 Å². The Morgan fingerprint density at radius 3 is 1.47 bits per heavy atom. The van der Waals surface area contributed by atoms with Gasteiger partial charge in [0.15, 0.2) is 0 Å². The molecule has 0 aromatic heterocycles. The van der Waals surface area contributed by atoms with Crippen LogP contribution >= 0.6 is 0 Å². The van der Waals surface area contributed by atoms with Gasteiger partial charge in [-0.05, 0) is 114 Å². The van der Waals surface area contributed by atoms with Crippen LogP contribution in [0.15, 0.2) is 224 Å². The molecule has 0 radical (unpaired) electrons. The van der Waals surface area contributed by atoms with Gasteiger partial charge in [-0.25, -0.2) is 0 Å². The van der Waals surface area contributed by atoms with Crippen LogP contribution in [0, 0.1) is 0 Å². The first-order valence-electron chi connectivity index (χ1n) is 21.4. The highest BCUT2D eigenvalue weighted by atomic mass is 14.6. The van der Waals surface area contributed by atoms with Gasteiger partial charge in [0.2, 0.25) is 0 Å². The maximum Gasteiger partial charge on any atom is 0.0418 e. The van der Waals surface area contributed by atoms with Gasteiger partial charge in [0.25, 0.3) is 0 Å². The van der Waals surface area contributed by atoms with E-state index in [0.717, 1.165) is 12.8 Å². The van der Waals surface area contributed by atoms with Crippen molar-refractivity contribution in [1.82, 2.24) is 0 Å². The van der Waals surface area contributed by atoms with E-state index in [1.54, 1.807) is 0 Å². The van der Waals surface area contributed by atoms with Crippen molar-refractivity contribution in [2.45, 2.75) is 37.0 Å². The maximum atomic E-state index is 2.56. The summed E-state index contributed by atoms with van der Waals surface area (Å²) < 4.78 is 0. The average molecular weight is 767 g/mol. The molecule has 0 nitrogen and oxygen atoms in total. The molecule has 9 aromatic carbocycles. The molecule has 1 atom stereocenters. The van der Waals surface area contributed by atoms with E-state index in [2.05, 4.69) is 231 Å². The van der Waals surface area contributed by atoms with Crippen molar-refractivity contribution in [1.29, 1.82) is 0 Å². The first-order valence-corrected chi connectivity index (χ1v) is 21.4. The van der Waals surface area contributed by atoms with Crippen LogP contribution in [0.2, 0.25) is 0 Å². The molecule has 0 bridgehead atoms. The van der Waals surface area contributed by atoms with E-state index < -0.39 is 5.41 Å². The van der Waals surface area contributed by atoms with Crippen LogP contribution in [0.25, 0.3) is 39.1 Å². The molecule has 286 valence electrons. The van der Waals surface area contributed by atoms with Crippen LogP contribution in [0.4, 0.5) is 0 Å². The molecule has 0 fully saturated rings. The number of hydrogen-bond acceptors (Lipinski definition) is 0. The van der Waals surface area contributed by atoms with Gasteiger partial charge in [0.1, 0.15) is 0 Å². The summed E-state index contributed by atoms with van der Waals surface area (Å²) in [5.74, 6) is 0.0297. The molecule has 0 amide bonds. The summed E-state index contributed by atoms with van der Waals surface area (Å²) in [6.07, 6.45) is 4.26. The summed E-state index contributed by atoms with van der Waals surface area (Å²) in [7, 11) is 0. The lowest BCUT2D eigenvalue weighted by Gasteiger charge is -2.48. The minimum atomic E-state index is -0.530. The summed E-state index contributed by atoms with van der Waals surface area (Å²) in [6.45, 7) is 2.39. The summed E-state index contributed by atoms with van der Waals surface area (Å²) in [5.41, 5.74) is 19.7. The van der Waals surface area contributed by atoms with Crippen LogP contribution in [0.5, 0.6) is 0 Å². The molecule has 0 spiro atoms. The molecule has 0 N–H and O–H groups in total. The average Bonchev–Trinajstić information content (AvgIpc) is 3.82. The third kappa shape index (κ3) is 6.06. The smallest absolute Gasteiger partial charge is 0.0418 e. The van der Waals surface area contributed by atoms with Crippen molar-refractivity contribution in [3.63, 3.8) is 0 Å². The van der Waals surface area contributed by atoms with Crippen LogP contribution < -0.4 is 0 Å². The lowest BCUT2D eigenvalue weighted by atomic mass is 9.53. The number of benzene rings is 9. The Labute approximate surface area is 354 Å². The highest BCUT2D eigenvalue weighted by Crippen LogP contribution is 2.65. The van der Waals surface area contributed by atoms with E-state index in [-0.39, 0.29) is 11.8 Å². The Balaban J connectivity index is 1.22. The molecule has 0 saturated heterocycles. The van der Waals surface area contributed by atoms with Gasteiger partial charge in [-0.2, -0.15) is 0 Å². The predicted octanol–water partition coefficient (Wildman–Crippen LogP) is 15.0. The highest BCUT2D eigenvalue weighted by molar-refractivity contribution is 5.90. The number of fused-ring (bicyclic) bond motifs is 5. The molecule has 2 aliphatic rings. The van der Waals surface area contributed by atoms with E-state index in [0.29, 0.717) is 0 Å². The number of rotatable bonds is 9. The molecule has 0 saturated carbocycles. The van der Waals surface area contributed by atoms with Crippen LogP contribution in [-0.4, -0.2) is 0 Å². The summed E-state index contributed by atoms with van der Waals surface area (Å²) in [4.78, 5) is 0. The third-order valence-electron chi connectivity index (χ3n) is 13.4. The zero-order valence-corrected chi connectivity index (χ0v) is 33.9. The standard InChI is InChI=1S/C60H46/c1-41-35-49-23-16-28-52(48-32-31-46-21-14-15-22-47(46)40-48)57(49)58(41)60(50-24-10-4-11-25-50,51-26-12-5-13-27-51)59-55-38-44(36-42-17-6-2-7-18-42)29-33-53(55)54-34-30-45(39-56(54)59)37-43-19-8-3-9-20-43/h2-35,38-40,58-59H,36-37H2,1H3. The van der Waals surface area contributed by atoms with Crippen molar-refractivity contribution in [2.24, 2.45) is 0 Å². The van der Waals surface area contributed by atoms with Gasteiger partial charge in [0.05, 0.1) is 0 Å². The number of allylic oxidation sites excluding steroid dienone is 1. The zero-order valence-electron chi connectivity index (χ0n) is 33.9. The topological polar surface area (TPSA) is 0 Å². The van der Waals surface area contributed by atoms with Crippen molar-refractivity contribution in [3.8, 4) is 22.3 Å². The maximum absolute atomic E-state index is 2.56. The fraction of sp³-hybridized carbons (Fsp3) is 0.100. The predicted molar refractivity (Wildman–Crippen MR) is 252 cm³/mol. The molecule has 0 aliphatic heterocycles. The Bertz CT molecular complexity index is 2900. The second-order valence-electron chi connectivity index (χ2n) is 16.9. The van der Waals surface area contributed by atoms with Gasteiger partial charge in [0, 0.05) is 17.3 Å². The lowest BCUT2D eigenvalue weighted by molar-refractivity contribution is 0.405. The summed E-state index contributed by atoms with van der Waals surface area (Å²) >= 11 is 0. The van der Waals surface area contributed by atoms with E-state index in [1.807, 2.05) is 0 Å².